The predicted molar refractivity (Wildman–Crippen MR) is 112 cm³/mol. The van der Waals surface area contributed by atoms with E-state index in [9.17, 15) is 13.2 Å². The zero-order chi connectivity index (χ0) is 20.9. The van der Waals surface area contributed by atoms with E-state index < -0.39 is 10.0 Å². The first-order valence-electron chi connectivity index (χ1n) is 9.21. The van der Waals surface area contributed by atoms with Crippen LogP contribution in [0, 0.1) is 0 Å². The number of ether oxygens (including phenoxy) is 2. The van der Waals surface area contributed by atoms with Crippen molar-refractivity contribution in [1.29, 1.82) is 0 Å². The summed E-state index contributed by atoms with van der Waals surface area (Å²) in [4.78, 5) is 12.2. The summed E-state index contributed by atoms with van der Waals surface area (Å²) in [7, 11) is -3.48. The predicted octanol–water partition coefficient (Wildman–Crippen LogP) is 2.84. The summed E-state index contributed by atoms with van der Waals surface area (Å²) in [6.07, 6.45) is 1.42. The van der Waals surface area contributed by atoms with Crippen LogP contribution in [-0.2, 0) is 14.8 Å². The average Bonchev–Trinajstić information content (AvgIpc) is 2.68. The number of sulfonamides is 1. The molecule has 1 atom stereocenters. The van der Waals surface area contributed by atoms with Crippen LogP contribution in [0.2, 0.25) is 5.02 Å². The third kappa shape index (κ3) is 6.01. The summed E-state index contributed by atoms with van der Waals surface area (Å²) in [5.41, 5.74) is 0.479. The molecule has 1 heterocycles. The third-order valence-electron chi connectivity index (χ3n) is 4.36. The Morgan fingerprint density at radius 2 is 1.97 bits per heavy atom. The van der Waals surface area contributed by atoms with Gasteiger partial charge in [-0.2, -0.15) is 0 Å². The molecule has 1 aliphatic rings. The van der Waals surface area contributed by atoms with Crippen LogP contribution in [0.4, 0.5) is 5.69 Å². The Labute approximate surface area is 175 Å². The van der Waals surface area contributed by atoms with Crippen LogP contribution in [0.3, 0.4) is 0 Å². The number of benzene rings is 2. The summed E-state index contributed by atoms with van der Waals surface area (Å²) in [6, 6.07) is 14.0. The first-order valence-corrected chi connectivity index (χ1v) is 11.4. The van der Waals surface area contributed by atoms with Gasteiger partial charge in [0.15, 0.2) is 11.5 Å². The van der Waals surface area contributed by atoms with Crippen molar-refractivity contribution in [2.75, 3.05) is 30.3 Å². The van der Waals surface area contributed by atoms with Crippen molar-refractivity contribution in [2.24, 2.45) is 0 Å². The lowest BCUT2D eigenvalue weighted by Crippen LogP contribution is -2.41. The normalized spacial score (nSPS) is 15.6. The molecule has 156 valence electrons. The van der Waals surface area contributed by atoms with Crippen molar-refractivity contribution in [3.63, 3.8) is 0 Å². The Kier molecular flexibility index (Phi) is 6.87. The third-order valence-corrected chi connectivity index (χ3v) is 5.79. The van der Waals surface area contributed by atoms with E-state index in [0.29, 0.717) is 41.8 Å². The smallest absolute Gasteiger partial charge is 0.232 e. The van der Waals surface area contributed by atoms with Gasteiger partial charge >= 0.3 is 0 Å². The van der Waals surface area contributed by atoms with Crippen molar-refractivity contribution in [3.05, 3.63) is 53.6 Å². The second-order valence-corrected chi connectivity index (χ2v) is 9.06. The van der Waals surface area contributed by atoms with E-state index in [4.69, 9.17) is 21.1 Å². The fourth-order valence-corrected chi connectivity index (χ4v) is 4.12. The molecular weight excluding hydrogens is 416 g/mol. The number of amides is 1. The molecule has 9 heteroatoms. The van der Waals surface area contributed by atoms with Gasteiger partial charge in [0.25, 0.3) is 0 Å². The van der Waals surface area contributed by atoms with Crippen molar-refractivity contribution >= 4 is 33.2 Å². The maximum Gasteiger partial charge on any atom is 0.232 e. The Morgan fingerprint density at radius 1 is 1.21 bits per heavy atom. The van der Waals surface area contributed by atoms with E-state index in [1.54, 1.807) is 24.3 Å². The van der Waals surface area contributed by atoms with Gasteiger partial charge in [-0.15, -0.1) is 0 Å². The van der Waals surface area contributed by atoms with E-state index in [-0.39, 0.29) is 25.0 Å². The van der Waals surface area contributed by atoms with Gasteiger partial charge in [-0.1, -0.05) is 29.8 Å². The minimum absolute atomic E-state index is 0.174. The molecule has 0 spiro atoms. The van der Waals surface area contributed by atoms with E-state index in [2.05, 4.69) is 5.32 Å². The van der Waals surface area contributed by atoms with E-state index in [1.807, 2.05) is 24.3 Å². The van der Waals surface area contributed by atoms with Gasteiger partial charge in [0.1, 0.15) is 12.7 Å². The van der Waals surface area contributed by atoms with Crippen molar-refractivity contribution in [3.8, 4) is 11.5 Å². The van der Waals surface area contributed by atoms with Gasteiger partial charge in [0, 0.05) is 18.0 Å². The number of nitrogens with zero attached hydrogens (tertiary/aromatic N) is 1. The molecule has 1 N–H and O–H groups in total. The minimum atomic E-state index is -3.48. The minimum Gasteiger partial charge on any atom is -0.486 e. The molecule has 1 unspecified atom stereocenters. The Hall–Kier alpha value is -2.45. The number of carbonyl (C=O) groups excluding carboxylic acids is 1. The van der Waals surface area contributed by atoms with Crippen LogP contribution in [0.15, 0.2) is 48.5 Å². The van der Waals surface area contributed by atoms with Crippen LogP contribution in [0.25, 0.3) is 0 Å². The topological polar surface area (TPSA) is 84.9 Å². The number of halogens is 1. The van der Waals surface area contributed by atoms with E-state index in [0.717, 1.165) is 6.26 Å². The lowest BCUT2D eigenvalue weighted by molar-refractivity contribution is -0.121. The zero-order valence-corrected chi connectivity index (χ0v) is 17.6. The summed E-state index contributed by atoms with van der Waals surface area (Å²) < 4.78 is 36.9. The fraction of sp³-hybridized carbons (Fsp3) is 0.350. The maximum atomic E-state index is 12.2. The first kappa shape index (κ1) is 21.3. The van der Waals surface area contributed by atoms with Gasteiger partial charge in [0.05, 0.1) is 18.5 Å². The molecule has 0 bridgehead atoms. The van der Waals surface area contributed by atoms with Gasteiger partial charge < -0.3 is 14.8 Å². The van der Waals surface area contributed by atoms with Gasteiger partial charge in [0.2, 0.25) is 15.9 Å². The van der Waals surface area contributed by atoms with Crippen LogP contribution >= 0.6 is 11.6 Å². The molecule has 0 aromatic heterocycles. The number of fused-ring (bicyclic) bond motifs is 1. The second-order valence-electron chi connectivity index (χ2n) is 6.72. The van der Waals surface area contributed by atoms with Crippen molar-refractivity contribution in [1.82, 2.24) is 5.32 Å². The molecule has 3 rings (SSSR count). The molecule has 0 saturated carbocycles. The van der Waals surface area contributed by atoms with E-state index in [1.165, 1.54) is 4.31 Å². The molecule has 2 aromatic rings. The molecule has 1 aliphatic heterocycles. The summed E-state index contributed by atoms with van der Waals surface area (Å²) in [6.45, 7) is 0.855. The molecule has 1 amide bonds. The Balaban J connectivity index is 1.46. The first-order chi connectivity index (χ1) is 13.8. The average molecular weight is 439 g/mol. The van der Waals surface area contributed by atoms with Crippen molar-refractivity contribution in [2.45, 2.75) is 18.9 Å². The Morgan fingerprint density at radius 3 is 2.69 bits per heavy atom. The molecule has 29 heavy (non-hydrogen) atoms. The van der Waals surface area contributed by atoms with Crippen LogP contribution in [-0.4, -0.2) is 46.4 Å². The highest BCUT2D eigenvalue weighted by atomic mass is 35.5. The molecule has 0 saturated heterocycles. The molecule has 0 aliphatic carbocycles. The molecule has 7 nitrogen and oxygen atoms in total. The highest BCUT2D eigenvalue weighted by molar-refractivity contribution is 7.92. The largest absolute Gasteiger partial charge is 0.486 e. The second kappa shape index (κ2) is 9.37. The molecule has 0 radical (unpaired) electrons. The molecule has 0 fully saturated rings. The van der Waals surface area contributed by atoms with E-state index >= 15 is 0 Å². The molecular formula is C20H23ClN2O5S. The molecule has 2 aromatic carbocycles. The maximum absolute atomic E-state index is 12.2. The number of carbonyl (C=O) groups is 1. The van der Waals surface area contributed by atoms with Crippen LogP contribution in [0.5, 0.6) is 11.5 Å². The van der Waals surface area contributed by atoms with Crippen LogP contribution in [0.1, 0.15) is 12.8 Å². The lowest BCUT2D eigenvalue weighted by atomic mass is 10.2. The number of para-hydroxylation sites is 2. The zero-order valence-electron chi connectivity index (χ0n) is 16.0. The van der Waals surface area contributed by atoms with Gasteiger partial charge in [-0.3, -0.25) is 9.10 Å². The number of nitrogens with one attached hydrogen (secondary N) is 1. The number of rotatable bonds is 8. The fourth-order valence-electron chi connectivity index (χ4n) is 2.98. The lowest BCUT2D eigenvalue weighted by Gasteiger charge is -2.26. The van der Waals surface area contributed by atoms with Crippen molar-refractivity contribution < 1.29 is 22.7 Å². The Bertz CT molecular complexity index is 967. The van der Waals surface area contributed by atoms with Crippen LogP contribution < -0.4 is 19.1 Å². The number of hydrogen-bond donors (Lipinski definition) is 1. The van der Waals surface area contributed by atoms with Gasteiger partial charge in [-0.05, 0) is 36.8 Å². The van der Waals surface area contributed by atoms with Gasteiger partial charge in [-0.25, -0.2) is 8.42 Å². The number of hydrogen-bond acceptors (Lipinski definition) is 5. The SMILES string of the molecule is CS(=O)(=O)N(CCCC(=O)NCC1COc2ccccc2O1)c1cccc(Cl)c1. The highest BCUT2D eigenvalue weighted by Gasteiger charge is 2.21. The summed E-state index contributed by atoms with van der Waals surface area (Å²) >= 11 is 5.96. The standard InChI is InChI=1S/C20H23ClN2O5S/c1-29(25,26)23(16-7-4-6-15(21)12-16)11-5-10-20(24)22-13-17-14-27-18-8-2-3-9-19(18)28-17/h2-4,6-9,12,17H,5,10-11,13-14H2,1H3,(H,22,24). The highest BCUT2D eigenvalue weighted by Crippen LogP contribution is 2.30. The number of anilines is 1. The summed E-state index contributed by atoms with van der Waals surface area (Å²) in [5, 5.41) is 3.26. The quantitative estimate of drug-likeness (QED) is 0.685. The summed E-state index contributed by atoms with van der Waals surface area (Å²) in [5.74, 6) is 1.17. The monoisotopic (exact) mass is 438 g/mol.